The van der Waals surface area contributed by atoms with Crippen LogP contribution in [0.3, 0.4) is 0 Å². The van der Waals surface area contributed by atoms with Crippen LogP contribution in [-0.4, -0.2) is 69.5 Å². The van der Waals surface area contributed by atoms with Crippen molar-refractivity contribution in [3.05, 3.63) is 22.4 Å². The molecule has 3 heterocycles. The maximum atomic E-state index is 5.53. The van der Waals surface area contributed by atoms with Gasteiger partial charge in [-0.3, -0.25) is 4.90 Å². The molecule has 0 unspecified atom stereocenters. The molecule has 5 heteroatoms. The van der Waals surface area contributed by atoms with Crippen LogP contribution in [0.25, 0.3) is 0 Å². The Morgan fingerprint density at radius 2 is 1.95 bits per heavy atom. The molecule has 0 aromatic carbocycles. The van der Waals surface area contributed by atoms with Crippen molar-refractivity contribution >= 4 is 11.3 Å². The van der Waals surface area contributed by atoms with E-state index in [1.807, 2.05) is 11.3 Å². The van der Waals surface area contributed by atoms with Gasteiger partial charge in [-0.05, 0) is 37.3 Å². The van der Waals surface area contributed by atoms with Crippen LogP contribution in [0.15, 0.2) is 17.5 Å². The number of ether oxygens (including phenoxy) is 2. The molecule has 2 saturated heterocycles. The highest BCUT2D eigenvalue weighted by atomic mass is 32.1. The molecule has 0 spiro atoms. The molecule has 4 nitrogen and oxygen atoms in total. The summed E-state index contributed by atoms with van der Waals surface area (Å²) in [6, 6.07) is 4.97. The molecule has 0 amide bonds. The molecule has 0 aliphatic carbocycles. The molecular formula is C17H28N2O2S. The number of hydrogen-bond acceptors (Lipinski definition) is 5. The van der Waals surface area contributed by atoms with Crippen molar-refractivity contribution in [2.75, 3.05) is 59.7 Å². The van der Waals surface area contributed by atoms with Crippen LogP contribution in [0.1, 0.15) is 23.8 Å². The van der Waals surface area contributed by atoms with E-state index in [4.69, 9.17) is 9.47 Å². The predicted octanol–water partition coefficient (Wildman–Crippen LogP) is 2.48. The summed E-state index contributed by atoms with van der Waals surface area (Å²) < 4.78 is 11.0. The second-order valence-corrected chi connectivity index (χ2v) is 7.44. The Bertz CT molecular complexity index is 414. The topological polar surface area (TPSA) is 24.9 Å². The Labute approximate surface area is 138 Å². The second kappa shape index (κ2) is 8.41. The van der Waals surface area contributed by atoms with E-state index in [1.165, 1.54) is 24.3 Å². The monoisotopic (exact) mass is 324 g/mol. The summed E-state index contributed by atoms with van der Waals surface area (Å²) in [4.78, 5) is 6.60. The van der Waals surface area contributed by atoms with Gasteiger partial charge in [-0.2, -0.15) is 0 Å². The first-order chi connectivity index (χ1) is 10.8. The molecule has 2 fully saturated rings. The van der Waals surface area contributed by atoms with Gasteiger partial charge in [0.2, 0.25) is 0 Å². The summed E-state index contributed by atoms with van der Waals surface area (Å²) in [5.41, 5.74) is 0. The molecule has 1 aromatic rings. The molecule has 22 heavy (non-hydrogen) atoms. The van der Waals surface area contributed by atoms with Gasteiger partial charge in [0, 0.05) is 44.3 Å². The predicted molar refractivity (Wildman–Crippen MR) is 90.5 cm³/mol. The number of nitrogens with zero attached hydrogens (tertiary/aromatic N) is 2. The minimum Gasteiger partial charge on any atom is -0.381 e. The summed E-state index contributed by atoms with van der Waals surface area (Å²) in [7, 11) is 2.27. The molecule has 0 saturated carbocycles. The van der Waals surface area contributed by atoms with Crippen LogP contribution < -0.4 is 0 Å². The fourth-order valence-corrected chi connectivity index (χ4v) is 4.35. The van der Waals surface area contributed by atoms with Crippen molar-refractivity contribution in [2.45, 2.75) is 18.9 Å². The standard InChI is InChI=1S/C17H28N2O2S/c1-18(13-15-4-8-20-9-5-15)14-16(17-3-2-12-22-17)19-6-10-21-11-7-19/h2-3,12,15-16H,4-11,13-14H2,1H3/t16-/m0/s1. The Morgan fingerprint density at radius 1 is 1.23 bits per heavy atom. The first-order valence-corrected chi connectivity index (χ1v) is 9.32. The lowest BCUT2D eigenvalue weighted by Crippen LogP contribution is -2.43. The number of rotatable bonds is 6. The number of likely N-dealkylation sites (N-methyl/N-ethyl adjacent to an activating group) is 1. The van der Waals surface area contributed by atoms with Crippen LogP contribution in [-0.2, 0) is 9.47 Å². The van der Waals surface area contributed by atoms with E-state index < -0.39 is 0 Å². The Kier molecular flexibility index (Phi) is 6.27. The molecular weight excluding hydrogens is 296 g/mol. The summed E-state index contributed by atoms with van der Waals surface area (Å²) in [5, 5.41) is 2.20. The number of thiophene rings is 1. The molecule has 2 aliphatic rings. The van der Waals surface area contributed by atoms with Crippen LogP contribution in [0.4, 0.5) is 0 Å². The van der Waals surface area contributed by atoms with E-state index in [2.05, 4.69) is 34.4 Å². The molecule has 1 atom stereocenters. The lowest BCUT2D eigenvalue weighted by molar-refractivity contribution is 0.00639. The van der Waals surface area contributed by atoms with Crippen molar-refractivity contribution < 1.29 is 9.47 Å². The SMILES string of the molecule is CN(CC1CCOCC1)C[C@@H](c1cccs1)N1CCOCC1. The quantitative estimate of drug-likeness (QED) is 0.803. The lowest BCUT2D eigenvalue weighted by atomic mass is 9.99. The highest BCUT2D eigenvalue weighted by Crippen LogP contribution is 2.27. The third-order valence-corrected chi connectivity index (χ3v) is 5.73. The fraction of sp³-hybridized carbons (Fsp3) is 0.765. The smallest absolute Gasteiger partial charge is 0.0594 e. The van der Waals surface area contributed by atoms with E-state index in [1.54, 1.807) is 0 Å². The Morgan fingerprint density at radius 3 is 2.64 bits per heavy atom. The summed E-state index contributed by atoms with van der Waals surface area (Å²) in [6.45, 7) is 8.01. The van der Waals surface area contributed by atoms with Gasteiger partial charge in [0.1, 0.15) is 0 Å². The zero-order chi connectivity index (χ0) is 15.2. The average molecular weight is 324 g/mol. The number of morpholine rings is 1. The summed E-state index contributed by atoms with van der Waals surface area (Å²) in [6.07, 6.45) is 2.43. The van der Waals surface area contributed by atoms with Gasteiger partial charge in [-0.1, -0.05) is 6.07 Å². The first kappa shape index (κ1) is 16.4. The van der Waals surface area contributed by atoms with Crippen molar-refractivity contribution in [1.82, 2.24) is 9.80 Å². The van der Waals surface area contributed by atoms with Crippen molar-refractivity contribution in [3.8, 4) is 0 Å². The molecule has 2 aliphatic heterocycles. The summed E-state index contributed by atoms with van der Waals surface area (Å²) in [5.74, 6) is 0.799. The molecule has 124 valence electrons. The minimum atomic E-state index is 0.508. The van der Waals surface area contributed by atoms with E-state index in [9.17, 15) is 0 Å². The van der Waals surface area contributed by atoms with Crippen LogP contribution in [0.5, 0.6) is 0 Å². The van der Waals surface area contributed by atoms with E-state index in [-0.39, 0.29) is 0 Å². The molecule has 3 rings (SSSR count). The van der Waals surface area contributed by atoms with E-state index >= 15 is 0 Å². The fourth-order valence-electron chi connectivity index (χ4n) is 3.49. The summed E-state index contributed by atoms with van der Waals surface area (Å²) >= 11 is 1.88. The van der Waals surface area contributed by atoms with E-state index in [0.29, 0.717) is 6.04 Å². The molecule has 0 radical (unpaired) electrons. The Hall–Kier alpha value is -0.460. The van der Waals surface area contributed by atoms with Crippen molar-refractivity contribution in [1.29, 1.82) is 0 Å². The highest BCUT2D eigenvalue weighted by Gasteiger charge is 2.25. The highest BCUT2D eigenvalue weighted by molar-refractivity contribution is 7.10. The van der Waals surface area contributed by atoms with Gasteiger partial charge in [0.05, 0.1) is 19.3 Å². The van der Waals surface area contributed by atoms with Gasteiger partial charge in [-0.15, -0.1) is 11.3 Å². The molecule has 1 aromatic heterocycles. The van der Waals surface area contributed by atoms with Gasteiger partial charge in [-0.25, -0.2) is 0 Å². The molecule has 0 bridgehead atoms. The average Bonchev–Trinajstić information content (AvgIpc) is 3.08. The van der Waals surface area contributed by atoms with Gasteiger partial charge < -0.3 is 14.4 Å². The Balaban J connectivity index is 1.59. The second-order valence-electron chi connectivity index (χ2n) is 6.46. The van der Waals surface area contributed by atoms with Gasteiger partial charge >= 0.3 is 0 Å². The third kappa shape index (κ3) is 4.52. The van der Waals surface area contributed by atoms with Gasteiger partial charge in [0.25, 0.3) is 0 Å². The van der Waals surface area contributed by atoms with Crippen LogP contribution >= 0.6 is 11.3 Å². The first-order valence-electron chi connectivity index (χ1n) is 8.44. The zero-order valence-electron chi connectivity index (χ0n) is 13.6. The van der Waals surface area contributed by atoms with E-state index in [0.717, 1.165) is 52.0 Å². The maximum Gasteiger partial charge on any atom is 0.0594 e. The van der Waals surface area contributed by atoms with Crippen molar-refractivity contribution in [3.63, 3.8) is 0 Å². The maximum absolute atomic E-state index is 5.53. The van der Waals surface area contributed by atoms with Crippen molar-refractivity contribution in [2.24, 2.45) is 5.92 Å². The third-order valence-electron chi connectivity index (χ3n) is 4.75. The largest absolute Gasteiger partial charge is 0.381 e. The zero-order valence-corrected chi connectivity index (χ0v) is 14.4. The lowest BCUT2D eigenvalue weighted by Gasteiger charge is -2.37. The normalized spacial score (nSPS) is 23.0. The minimum absolute atomic E-state index is 0.508. The van der Waals surface area contributed by atoms with Crippen LogP contribution in [0, 0.1) is 5.92 Å². The molecule has 0 N–H and O–H groups in total. The number of hydrogen-bond donors (Lipinski definition) is 0. The van der Waals surface area contributed by atoms with Gasteiger partial charge in [0.15, 0.2) is 0 Å². The van der Waals surface area contributed by atoms with Crippen LogP contribution in [0.2, 0.25) is 0 Å².